The van der Waals surface area contributed by atoms with Crippen LogP contribution in [0.2, 0.25) is 0 Å². The molecule has 0 fully saturated rings. The standard InChI is InChI=1S/C16H32N2OS/c1-6-9-16(10-7-2,14(17)20)15(19)18-13(5)11-12(4)8-3/h12-13H,6-11H2,1-5H3,(H2,17,20)(H,18,19). The van der Waals surface area contributed by atoms with E-state index in [0.29, 0.717) is 10.9 Å². The Morgan fingerprint density at radius 3 is 2.05 bits per heavy atom. The van der Waals surface area contributed by atoms with Gasteiger partial charge >= 0.3 is 0 Å². The topological polar surface area (TPSA) is 55.1 Å². The SMILES string of the molecule is CCCC(CCC)(C(=O)NC(C)CC(C)CC)C(N)=S. The van der Waals surface area contributed by atoms with Crippen molar-refractivity contribution in [1.29, 1.82) is 0 Å². The van der Waals surface area contributed by atoms with Crippen LogP contribution < -0.4 is 11.1 Å². The van der Waals surface area contributed by atoms with Gasteiger partial charge in [-0.2, -0.15) is 0 Å². The van der Waals surface area contributed by atoms with Crippen LogP contribution in [0.4, 0.5) is 0 Å². The largest absolute Gasteiger partial charge is 0.392 e. The van der Waals surface area contributed by atoms with E-state index in [1.807, 2.05) is 0 Å². The zero-order chi connectivity index (χ0) is 15.8. The van der Waals surface area contributed by atoms with Crippen molar-refractivity contribution in [3.05, 3.63) is 0 Å². The third-order valence-electron chi connectivity index (χ3n) is 4.09. The second kappa shape index (κ2) is 9.32. The van der Waals surface area contributed by atoms with Crippen molar-refractivity contribution in [2.24, 2.45) is 17.1 Å². The quantitative estimate of drug-likeness (QED) is 0.603. The Bertz CT molecular complexity index is 312. The van der Waals surface area contributed by atoms with Gasteiger partial charge in [-0.25, -0.2) is 0 Å². The van der Waals surface area contributed by atoms with Gasteiger partial charge in [0.25, 0.3) is 0 Å². The van der Waals surface area contributed by atoms with Crippen LogP contribution in [0, 0.1) is 11.3 Å². The van der Waals surface area contributed by atoms with Gasteiger partial charge in [-0.15, -0.1) is 0 Å². The fourth-order valence-corrected chi connectivity index (χ4v) is 3.05. The highest BCUT2D eigenvalue weighted by Gasteiger charge is 2.40. The van der Waals surface area contributed by atoms with Gasteiger partial charge in [-0.1, -0.05) is 59.2 Å². The molecule has 0 aromatic carbocycles. The Hall–Kier alpha value is -0.640. The lowest BCUT2D eigenvalue weighted by molar-refractivity contribution is -0.129. The van der Waals surface area contributed by atoms with Crippen LogP contribution in [0.3, 0.4) is 0 Å². The van der Waals surface area contributed by atoms with E-state index in [0.717, 1.165) is 38.5 Å². The summed E-state index contributed by atoms with van der Waals surface area (Å²) in [6.07, 6.45) is 5.41. The van der Waals surface area contributed by atoms with Crippen LogP contribution in [0.25, 0.3) is 0 Å². The Labute approximate surface area is 130 Å². The summed E-state index contributed by atoms with van der Waals surface area (Å²) in [5.74, 6) is 0.631. The molecule has 0 radical (unpaired) electrons. The van der Waals surface area contributed by atoms with Crippen molar-refractivity contribution in [3.8, 4) is 0 Å². The molecule has 0 bridgehead atoms. The third-order valence-corrected chi connectivity index (χ3v) is 4.48. The predicted octanol–water partition coefficient (Wildman–Crippen LogP) is 3.80. The summed E-state index contributed by atoms with van der Waals surface area (Å²) >= 11 is 5.22. The fraction of sp³-hybridized carbons (Fsp3) is 0.875. The van der Waals surface area contributed by atoms with Gasteiger partial charge in [0.1, 0.15) is 0 Å². The van der Waals surface area contributed by atoms with Gasteiger partial charge in [0.05, 0.1) is 10.4 Å². The first-order valence-electron chi connectivity index (χ1n) is 7.94. The van der Waals surface area contributed by atoms with Crippen LogP contribution >= 0.6 is 12.2 Å². The zero-order valence-electron chi connectivity index (χ0n) is 13.8. The van der Waals surface area contributed by atoms with E-state index >= 15 is 0 Å². The molecule has 4 heteroatoms. The van der Waals surface area contributed by atoms with Crippen LogP contribution in [-0.4, -0.2) is 16.9 Å². The molecule has 0 saturated heterocycles. The highest BCUT2D eigenvalue weighted by atomic mass is 32.1. The second-order valence-electron chi connectivity index (χ2n) is 6.07. The zero-order valence-corrected chi connectivity index (χ0v) is 14.6. The summed E-state index contributed by atoms with van der Waals surface area (Å²) in [5, 5.41) is 3.13. The minimum atomic E-state index is -0.664. The number of hydrogen-bond acceptors (Lipinski definition) is 2. The van der Waals surface area contributed by atoms with Crippen molar-refractivity contribution in [1.82, 2.24) is 5.32 Å². The molecule has 2 atom stereocenters. The molecule has 0 aliphatic carbocycles. The lowest BCUT2D eigenvalue weighted by Crippen LogP contribution is -2.51. The minimum absolute atomic E-state index is 0.0181. The first kappa shape index (κ1) is 19.4. The summed E-state index contributed by atoms with van der Waals surface area (Å²) in [6.45, 7) is 10.6. The van der Waals surface area contributed by atoms with Crippen molar-refractivity contribution in [2.75, 3.05) is 0 Å². The molecule has 0 aliphatic rings. The molecule has 0 aliphatic heterocycles. The molecule has 0 aromatic heterocycles. The second-order valence-corrected chi connectivity index (χ2v) is 6.51. The predicted molar refractivity (Wildman–Crippen MR) is 90.7 cm³/mol. The third kappa shape index (κ3) is 5.39. The maximum absolute atomic E-state index is 12.7. The molecular formula is C16H32N2OS. The van der Waals surface area contributed by atoms with Gasteiger partial charge in [0.15, 0.2) is 0 Å². The molecule has 0 aromatic rings. The fourth-order valence-electron chi connectivity index (χ4n) is 2.75. The molecule has 0 spiro atoms. The van der Waals surface area contributed by atoms with Crippen LogP contribution in [0.1, 0.15) is 73.1 Å². The summed E-state index contributed by atoms with van der Waals surface area (Å²) in [7, 11) is 0. The summed E-state index contributed by atoms with van der Waals surface area (Å²) in [5.41, 5.74) is 5.25. The molecule has 20 heavy (non-hydrogen) atoms. The number of amides is 1. The number of rotatable bonds is 10. The summed E-state index contributed by atoms with van der Waals surface area (Å²) < 4.78 is 0. The van der Waals surface area contributed by atoms with E-state index < -0.39 is 5.41 Å². The smallest absolute Gasteiger partial charge is 0.233 e. The van der Waals surface area contributed by atoms with Crippen LogP contribution in [0.15, 0.2) is 0 Å². The number of nitrogens with two attached hydrogens (primary N) is 1. The number of thiocarbonyl (C=S) groups is 1. The van der Waals surface area contributed by atoms with Gasteiger partial charge in [0.2, 0.25) is 5.91 Å². The summed E-state index contributed by atoms with van der Waals surface area (Å²) in [4.78, 5) is 13.0. The maximum Gasteiger partial charge on any atom is 0.233 e. The lowest BCUT2D eigenvalue weighted by Gasteiger charge is -2.32. The highest BCUT2D eigenvalue weighted by Crippen LogP contribution is 2.31. The average Bonchev–Trinajstić information content (AvgIpc) is 2.37. The minimum Gasteiger partial charge on any atom is -0.392 e. The summed E-state index contributed by atoms with van der Waals surface area (Å²) in [6, 6.07) is 0.167. The van der Waals surface area contributed by atoms with E-state index in [2.05, 4.69) is 39.9 Å². The van der Waals surface area contributed by atoms with E-state index in [1.54, 1.807) is 0 Å². The highest BCUT2D eigenvalue weighted by molar-refractivity contribution is 7.80. The normalized spacial score (nSPS) is 14.7. The molecule has 0 saturated carbocycles. The van der Waals surface area contributed by atoms with Crippen molar-refractivity contribution in [2.45, 2.75) is 79.2 Å². The molecular weight excluding hydrogens is 268 g/mol. The van der Waals surface area contributed by atoms with E-state index in [1.165, 1.54) is 0 Å². The first-order chi connectivity index (χ1) is 9.33. The number of nitrogens with one attached hydrogen (secondary N) is 1. The maximum atomic E-state index is 12.7. The Morgan fingerprint density at radius 2 is 1.70 bits per heavy atom. The Morgan fingerprint density at radius 1 is 1.20 bits per heavy atom. The molecule has 0 heterocycles. The van der Waals surface area contributed by atoms with E-state index in [-0.39, 0.29) is 11.9 Å². The van der Waals surface area contributed by atoms with Crippen LogP contribution in [-0.2, 0) is 4.79 Å². The van der Waals surface area contributed by atoms with Gasteiger partial charge in [0, 0.05) is 6.04 Å². The number of hydrogen-bond donors (Lipinski definition) is 2. The number of carbonyl (C=O) groups excluding carboxylic acids is 1. The molecule has 3 N–H and O–H groups in total. The van der Waals surface area contributed by atoms with Crippen LogP contribution in [0.5, 0.6) is 0 Å². The van der Waals surface area contributed by atoms with Crippen molar-refractivity contribution >= 4 is 23.1 Å². The average molecular weight is 301 g/mol. The van der Waals surface area contributed by atoms with Gasteiger partial charge in [-0.3, -0.25) is 4.79 Å². The molecule has 0 rings (SSSR count). The molecule has 3 nitrogen and oxygen atoms in total. The lowest BCUT2D eigenvalue weighted by atomic mass is 9.78. The van der Waals surface area contributed by atoms with Crippen molar-refractivity contribution in [3.63, 3.8) is 0 Å². The van der Waals surface area contributed by atoms with Gasteiger partial charge in [-0.05, 0) is 32.1 Å². The number of carbonyl (C=O) groups is 1. The molecule has 1 amide bonds. The first-order valence-corrected chi connectivity index (χ1v) is 8.35. The monoisotopic (exact) mass is 300 g/mol. The van der Waals surface area contributed by atoms with Crippen molar-refractivity contribution < 1.29 is 4.79 Å². The molecule has 118 valence electrons. The van der Waals surface area contributed by atoms with E-state index in [4.69, 9.17) is 18.0 Å². The Balaban J connectivity index is 4.90. The molecule has 2 unspecified atom stereocenters. The Kier molecular flexibility index (Phi) is 9.03. The van der Waals surface area contributed by atoms with E-state index in [9.17, 15) is 4.79 Å². The van der Waals surface area contributed by atoms with Gasteiger partial charge < -0.3 is 11.1 Å².